The van der Waals surface area contributed by atoms with Gasteiger partial charge in [-0.25, -0.2) is 0 Å². The Morgan fingerprint density at radius 3 is 1.77 bits per heavy atom. The average molecular weight is 198 g/mol. The van der Waals surface area contributed by atoms with Crippen molar-refractivity contribution in [2.24, 2.45) is 0 Å². The topological polar surface area (TPSA) is 34.1 Å². The van der Waals surface area contributed by atoms with Gasteiger partial charge in [0, 0.05) is 12.8 Å². The van der Waals surface area contributed by atoms with Crippen LogP contribution in [0, 0.1) is 0 Å². The second kappa shape index (κ2) is 5.32. The van der Waals surface area contributed by atoms with Crippen molar-refractivity contribution in [3.05, 3.63) is 0 Å². The highest BCUT2D eigenvalue weighted by molar-refractivity contribution is 6.80. The van der Waals surface area contributed by atoms with E-state index in [0.29, 0.717) is 0 Å². The van der Waals surface area contributed by atoms with Gasteiger partial charge in [-0.3, -0.25) is 0 Å². The molecule has 13 heavy (non-hydrogen) atoms. The lowest BCUT2D eigenvalue weighted by Crippen LogP contribution is -2.29. The fraction of sp³-hybridized carbons (Fsp3) is 0.800. The molecule has 1 saturated heterocycles. The first kappa shape index (κ1) is 10.6. The van der Waals surface area contributed by atoms with Crippen LogP contribution in [0.25, 0.3) is 0 Å². The predicted molar refractivity (Wildman–Crippen MR) is 55.6 cm³/mol. The lowest BCUT2D eigenvalue weighted by atomic mass is 10.4. The van der Waals surface area contributed by atoms with E-state index in [1.807, 2.05) is 0 Å². The predicted octanol–water partition coefficient (Wildman–Crippen LogP) is 2.41. The minimum Gasteiger partial charge on any atom is -0.303 e. The van der Waals surface area contributed by atoms with Crippen molar-refractivity contribution >= 4 is 20.6 Å². The van der Waals surface area contributed by atoms with Gasteiger partial charge in [-0.2, -0.15) is 0 Å². The molecule has 0 N–H and O–H groups in total. The Balaban J connectivity index is 2.41. The zero-order chi connectivity index (χ0) is 9.57. The van der Waals surface area contributed by atoms with Crippen LogP contribution in [0.2, 0.25) is 24.2 Å². The van der Waals surface area contributed by atoms with Gasteiger partial charge in [0.2, 0.25) is 0 Å². The van der Waals surface area contributed by atoms with Gasteiger partial charge in [0.05, 0.1) is 8.07 Å². The normalized spacial score (nSPS) is 20.0. The molecule has 0 aromatic rings. The molecular weight excluding hydrogens is 180 g/mol. The smallest absolute Gasteiger partial charge is 0.119 e. The van der Waals surface area contributed by atoms with E-state index in [-0.39, 0.29) is 0 Å². The van der Waals surface area contributed by atoms with Gasteiger partial charge in [0.15, 0.2) is 0 Å². The molecule has 0 bridgehead atoms. The van der Waals surface area contributed by atoms with E-state index in [4.69, 9.17) is 0 Å². The summed E-state index contributed by atoms with van der Waals surface area (Å²) in [5.74, 6) is 0. The Kier molecular flexibility index (Phi) is 4.35. The monoisotopic (exact) mass is 198 g/mol. The maximum atomic E-state index is 10.3. The third kappa shape index (κ3) is 3.07. The summed E-state index contributed by atoms with van der Waals surface area (Å²) in [7, 11) is -1.14. The molecule has 1 aliphatic rings. The number of aldehydes is 2. The Morgan fingerprint density at radius 2 is 1.38 bits per heavy atom. The van der Waals surface area contributed by atoms with Crippen LogP contribution in [-0.4, -0.2) is 20.6 Å². The van der Waals surface area contributed by atoms with Crippen molar-refractivity contribution in [1.29, 1.82) is 0 Å². The van der Waals surface area contributed by atoms with E-state index < -0.39 is 8.07 Å². The standard InChI is InChI=1S/C10H18O2Si/c11-5-3-9-13(10-4-6-12)7-1-2-8-13/h5-6H,1-4,7-10H2. The van der Waals surface area contributed by atoms with Gasteiger partial charge in [0.1, 0.15) is 12.6 Å². The summed E-state index contributed by atoms with van der Waals surface area (Å²) in [6.45, 7) is 0. The number of rotatable bonds is 6. The first-order valence-corrected chi connectivity index (χ1v) is 8.03. The largest absolute Gasteiger partial charge is 0.303 e. The van der Waals surface area contributed by atoms with Crippen LogP contribution in [0.4, 0.5) is 0 Å². The van der Waals surface area contributed by atoms with E-state index >= 15 is 0 Å². The summed E-state index contributed by atoms with van der Waals surface area (Å²) < 4.78 is 0. The van der Waals surface area contributed by atoms with Gasteiger partial charge in [-0.1, -0.05) is 37.0 Å². The van der Waals surface area contributed by atoms with E-state index in [1.54, 1.807) is 0 Å². The fourth-order valence-corrected chi connectivity index (χ4v) is 7.44. The summed E-state index contributed by atoms with van der Waals surface area (Å²) in [5.41, 5.74) is 0. The van der Waals surface area contributed by atoms with Crippen molar-refractivity contribution in [3.8, 4) is 0 Å². The quantitative estimate of drug-likeness (QED) is 0.485. The molecule has 0 aromatic carbocycles. The molecule has 0 radical (unpaired) electrons. The van der Waals surface area contributed by atoms with Gasteiger partial charge in [-0.05, 0) is 0 Å². The molecule has 2 nitrogen and oxygen atoms in total. The first-order valence-electron chi connectivity index (χ1n) is 5.20. The van der Waals surface area contributed by atoms with Gasteiger partial charge < -0.3 is 9.59 Å². The van der Waals surface area contributed by atoms with Crippen molar-refractivity contribution in [3.63, 3.8) is 0 Å². The highest BCUT2D eigenvalue weighted by atomic mass is 28.3. The lowest BCUT2D eigenvalue weighted by molar-refractivity contribution is -0.108. The zero-order valence-electron chi connectivity index (χ0n) is 8.13. The lowest BCUT2D eigenvalue weighted by Gasteiger charge is -2.24. The molecule has 0 aliphatic carbocycles. The summed E-state index contributed by atoms with van der Waals surface area (Å²) in [6, 6.07) is 4.97. The summed E-state index contributed by atoms with van der Waals surface area (Å²) >= 11 is 0. The van der Waals surface area contributed by atoms with Crippen molar-refractivity contribution in [1.82, 2.24) is 0 Å². The minimum atomic E-state index is -1.14. The average Bonchev–Trinajstić information content (AvgIpc) is 2.61. The highest BCUT2D eigenvalue weighted by Crippen LogP contribution is 2.37. The van der Waals surface area contributed by atoms with E-state index in [1.165, 1.54) is 24.9 Å². The summed E-state index contributed by atoms with van der Waals surface area (Å²) in [6.07, 6.45) is 6.20. The number of carbonyl (C=O) groups is 2. The van der Waals surface area contributed by atoms with Crippen LogP contribution in [0.3, 0.4) is 0 Å². The third-order valence-corrected chi connectivity index (χ3v) is 8.78. The van der Waals surface area contributed by atoms with Gasteiger partial charge >= 0.3 is 0 Å². The Hall–Kier alpha value is -0.443. The van der Waals surface area contributed by atoms with Crippen LogP contribution in [-0.2, 0) is 9.59 Å². The van der Waals surface area contributed by atoms with Crippen molar-refractivity contribution in [2.75, 3.05) is 0 Å². The molecule has 1 aliphatic heterocycles. The SMILES string of the molecule is O=CCC[Si]1(CCC=O)CCCC1. The van der Waals surface area contributed by atoms with Gasteiger partial charge in [0.25, 0.3) is 0 Å². The molecule has 0 unspecified atom stereocenters. The van der Waals surface area contributed by atoms with E-state index in [9.17, 15) is 9.59 Å². The molecule has 74 valence electrons. The molecule has 1 fully saturated rings. The molecule has 0 amide bonds. The summed E-state index contributed by atoms with van der Waals surface area (Å²) in [5, 5.41) is 0. The number of hydrogen-bond donors (Lipinski definition) is 0. The maximum absolute atomic E-state index is 10.3. The van der Waals surface area contributed by atoms with E-state index in [0.717, 1.165) is 37.5 Å². The van der Waals surface area contributed by atoms with E-state index in [2.05, 4.69) is 0 Å². The fourth-order valence-electron chi connectivity index (χ4n) is 2.48. The van der Waals surface area contributed by atoms with Crippen LogP contribution < -0.4 is 0 Å². The number of hydrogen-bond acceptors (Lipinski definition) is 2. The summed E-state index contributed by atoms with van der Waals surface area (Å²) in [4.78, 5) is 20.7. The Morgan fingerprint density at radius 1 is 0.923 bits per heavy atom. The molecule has 1 rings (SSSR count). The Labute approximate surface area is 80.7 Å². The molecule has 0 atom stereocenters. The molecular formula is C10H18O2Si. The molecule has 0 aromatic heterocycles. The second-order valence-corrected chi connectivity index (χ2v) is 9.12. The minimum absolute atomic E-state index is 0.727. The number of carbonyl (C=O) groups excluding carboxylic acids is 2. The highest BCUT2D eigenvalue weighted by Gasteiger charge is 2.34. The van der Waals surface area contributed by atoms with Crippen molar-refractivity contribution < 1.29 is 9.59 Å². The van der Waals surface area contributed by atoms with Crippen LogP contribution in [0.1, 0.15) is 25.7 Å². The molecule has 0 saturated carbocycles. The molecule has 1 heterocycles. The third-order valence-electron chi connectivity index (χ3n) is 3.25. The maximum Gasteiger partial charge on any atom is 0.119 e. The van der Waals surface area contributed by atoms with Crippen molar-refractivity contribution in [2.45, 2.75) is 49.9 Å². The zero-order valence-corrected chi connectivity index (χ0v) is 9.13. The molecule has 0 spiro atoms. The van der Waals surface area contributed by atoms with Crippen LogP contribution >= 0.6 is 0 Å². The van der Waals surface area contributed by atoms with Gasteiger partial charge in [-0.15, -0.1) is 0 Å². The second-order valence-electron chi connectivity index (χ2n) is 4.12. The first-order chi connectivity index (χ1) is 6.33. The van der Waals surface area contributed by atoms with Crippen LogP contribution in [0.15, 0.2) is 0 Å². The Bertz CT molecular complexity index is 160. The molecule has 3 heteroatoms. The van der Waals surface area contributed by atoms with Crippen LogP contribution in [0.5, 0.6) is 0 Å².